The molecule has 1 aromatic rings. The molecule has 156 valence electrons. The van der Waals surface area contributed by atoms with E-state index in [0.29, 0.717) is 18.5 Å². The fourth-order valence-electron chi connectivity index (χ4n) is 3.45. The molecule has 0 spiro atoms. The van der Waals surface area contributed by atoms with E-state index in [1.165, 1.54) is 29.2 Å². The topological polar surface area (TPSA) is 91.8 Å². The number of hydrogen-bond donors (Lipinski definition) is 0. The van der Waals surface area contributed by atoms with E-state index >= 15 is 0 Å². The van der Waals surface area contributed by atoms with Crippen LogP contribution < -0.4 is 0 Å². The van der Waals surface area contributed by atoms with Gasteiger partial charge in [0.25, 0.3) is 11.1 Å². The molecule has 2 heterocycles. The second-order valence-corrected chi connectivity index (χ2v) is 10.1. The molecule has 1 atom stereocenters. The number of nitrogens with zero attached hydrogens (tertiary/aromatic N) is 2. The fourth-order valence-corrected chi connectivity index (χ4v) is 6.05. The van der Waals surface area contributed by atoms with Crippen molar-refractivity contribution in [2.45, 2.75) is 25.8 Å². The molecule has 2 saturated heterocycles. The Kier molecular flexibility index (Phi) is 6.42. The van der Waals surface area contributed by atoms with E-state index in [4.69, 9.17) is 0 Å². The first-order valence-corrected chi connectivity index (χ1v) is 11.8. The Hall–Kier alpha value is -2.20. The van der Waals surface area contributed by atoms with Crippen LogP contribution in [0.5, 0.6) is 0 Å². The van der Waals surface area contributed by atoms with Crippen molar-refractivity contribution in [1.82, 2.24) is 9.80 Å². The maximum Gasteiger partial charge on any atom is 0.293 e. The maximum absolute atomic E-state index is 13.3. The molecule has 2 aliphatic heterocycles. The molecular weight excluding hydrogens is 419 g/mol. The Morgan fingerprint density at radius 1 is 1.38 bits per heavy atom. The second kappa shape index (κ2) is 8.66. The van der Waals surface area contributed by atoms with Crippen molar-refractivity contribution in [2.24, 2.45) is 0 Å². The van der Waals surface area contributed by atoms with Gasteiger partial charge < -0.3 is 4.90 Å². The van der Waals surface area contributed by atoms with Crippen LogP contribution in [0, 0.1) is 5.82 Å². The van der Waals surface area contributed by atoms with Gasteiger partial charge in [-0.2, -0.15) is 0 Å². The number of hydrogen-bond acceptors (Lipinski definition) is 6. The molecule has 29 heavy (non-hydrogen) atoms. The Bertz CT molecular complexity index is 977. The predicted octanol–water partition coefficient (Wildman–Crippen LogP) is 2.29. The molecule has 7 nitrogen and oxygen atoms in total. The van der Waals surface area contributed by atoms with Gasteiger partial charge in [0.1, 0.15) is 5.82 Å². The number of carbonyl (C=O) groups is 3. The van der Waals surface area contributed by atoms with E-state index in [0.717, 1.165) is 16.7 Å². The summed E-state index contributed by atoms with van der Waals surface area (Å²) in [7, 11) is -3.12. The molecule has 10 heteroatoms. The number of imide groups is 1. The zero-order valence-corrected chi connectivity index (χ0v) is 17.5. The zero-order valence-electron chi connectivity index (χ0n) is 15.8. The monoisotopic (exact) mass is 440 g/mol. The van der Waals surface area contributed by atoms with E-state index in [1.807, 2.05) is 0 Å². The highest BCUT2D eigenvalue weighted by Crippen LogP contribution is 2.32. The van der Waals surface area contributed by atoms with Crippen LogP contribution in [-0.2, 0) is 19.4 Å². The smallest absolute Gasteiger partial charge is 0.293 e. The molecule has 0 N–H and O–H groups in total. The summed E-state index contributed by atoms with van der Waals surface area (Å²) in [6.07, 6.45) is 1.77. The van der Waals surface area contributed by atoms with Crippen molar-refractivity contribution < 1.29 is 27.2 Å². The molecular formula is C19H21FN2O5S2. The number of rotatable bonds is 6. The van der Waals surface area contributed by atoms with Gasteiger partial charge in [0.05, 0.1) is 16.4 Å². The number of sulfone groups is 1. The summed E-state index contributed by atoms with van der Waals surface area (Å²) in [5.41, 5.74) is 0.464. The molecule has 3 rings (SSSR count). The van der Waals surface area contributed by atoms with Crippen LogP contribution >= 0.6 is 11.8 Å². The summed E-state index contributed by atoms with van der Waals surface area (Å²) in [6.45, 7) is 2.05. The highest BCUT2D eigenvalue weighted by Gasteiger charge is 2.37. The van der Waals surface area contributed by atoms with E-state index in [-0.39, 0.29) is 41.3 Å². The van der Waals surface area contributed by atoms with Crippen LogP contribution in [0.3, 0.4) is 0 Å². The molecule has 3 amide bonds. The SMILES string of the molecule is CCN(C(=O)CCN1C(=O)S/C(=C/c2cccc(F)c2)C1=O)C1CCS(=O)(=O)C1. The minimum atomic E-state index is -3.12. The molecule has 0 saturated carbocycles. The highest BCUT2D eigenvalue weighted by molar-refractivity contribution is 8.18. The van der Waals surface area contributed by atoms with Crippen LogP contribution in [0.15, 0.2) is 29.2 Å². The van der Waals surface area contributed by atoms with Crippen LogP contribution in [0.4, 0.5) is 9.18 Å². The summed E-state index contributed by atoms with van der Waals surface area (Å²) in [5.74, 6) is -1.25. The summed E-state index contributed by atoms with van der Waals surface area (Å²) < 4.78 is 36.7. The van der Waals surface area contributed by atoms with Crippen LogP contribution in [-0.4, -0.2) is 65.9 Å². The van der Waals surface area contributed by atoms with Gasteiger partial charge in [-0.1, -0.05) is 12.1 Å². The predicted molar refractivity (Wildman–Crippen MR) is 108 cm³/mol. The van der Waals surface area contributed by atoms with Crippen molar-refractivity contribution >= 4 is 44.7 Å². The number of halogens is 1. The van der Waals surface area contributed by atoms with Gasteiger partial charge in [0.15, 0.2) is 9.84 Å². The van der Waals surface area contributed by atoms with Crippen LogP contribution in [0.25, 0.3) is 6.08 Å². The number of thioether (sulfide) groups is 1. The van der Waals surface area contributed by atoms with Crippen molar-refractivity contribution in [2.75, 3.05) is 24.6 Å². The third-order valence-corrected chi connectivity index (χ3v) is 7.54. The summed E-state index contributed by atoms with van der Waals surface area (Å²) in [6, 6.07) is 5.30. The van der Waals surface area contributed by atoms with Crippen LogP contribution in [0.1, 0.15) is 25.3 Å². The van der Waals surface area contributed by atoms with E-state index in [1.54, 1.807) is 13.0 Å². The quantitative estimate of drug-likeness (QED) is 0.631. The van der Waals surface area contributed by atoms with Gasteiger partial charge in [-0.3, -0.25) is 19.3 Å². The van der Waals surface area contributed by atoms with Crippen molar-refractivity contribution in [3.05, 3.63) is 40.6 Å². The van der Waals surface area contributed by atoms with Gasteiger partial charge in [0.2, 0.25) is 5.91 Å². The standard InChI is InChI=1S/C19H21FN2O5S2/c1-2-21(15-7-9-29(26,27)12-15)17(23)6-8-22-18(24)16(28-19(22)25)11-13-4-3-5-14(20)10-13/h3-5,10-11,15H,2,6-9,12H2,1H3/b16-11+. The number of amides is 3. The lowest BCUT2D eigenvalue weighted by Gasteiger charge is -2.27. The molecule has 0 aliphatic carbocycles. The number of carbonyl (C=O) groups excluding carboxylic acids is 3. The fraction of sp³-hybridized carbons (Fsp3) is 0.421. The Morgan fingerprint density at radius 3 is 2.76 bits per heavy atom. The van der Waals surface area contributed by atoms with Gasteiger partial charge in [-0.25, -0.2) is 12.8 Å². The summed E-state index contributed by atoms with van der Waals surface area (Å²) in [4.78, 5) is 40.0. The van der Waals surface area contributed by atoms with E-state index in [9.17, 15) is 27.2 Å². The first kappa shape index (κ1) is 21.5. The van der Waals surface area contributed by atoms with Gasteiger partial charge in [0, 0.05) is 25.6 Å². The largest absolute Gasteiger partial charge is 0.339 e. The minimum Gasteiger partial charge on any atom is -0.339 e. The van der Waals surface area contributed by atoms with Gasteiger partial charge in [-0.15, -0.1) is 0 Å². The van der Waals surface area contributed by atoms with Crippen molar-refractivity contribution in [3.63, 3.8) is 0 Å². The molecule has 0 bridgehead atoms. The van der Waals surface area contributed by atoms with Gasteiger partial charge in [-0.05, 0) is 48.9 Å². The normalized spacial score (nSPS) is 22.5. The third-order valence-electron chi connectivity index (χ3n) is 4.88. The first-order valence-electron chi connectivity index (χ1n) is 9.21. The number of benzene rings is 1. The molecule has 1 unspecified atom stereocenters. The molecule has 0 radical (unpaired) electrons. The lowest BCUT2D eigenvalue weighted by molar-refractivity contribution is -0.133. The lowest BCUT2D eigenvalue weighted by Crippen LogP contribution is -2.42. The van der Waals surface area contributed by atoms with E-state index < -0.39 is 26.8 Å². The molecule has 2 fully saturated rings. The maximum atomic E-state index is 13.3. The average molecular weight is 441 g/mol. The average Bonchev–Trinajstić information content (AvgIpc) is 3.13. The van der Waals surface area contributed by atoms with Crippen molar-refractivity contribution in [3.8, 4) is 0 Å². The second-order valence-electron chi connectivity index (χ2n) is 6.87. The third kappa shape index (κ3) is 5.05. The summed E-state index contributed by atoms with van der Waals surface area (Å²) in [5, 5.41) is -0.489. The minimum absolute atomic E-state index is 0.0511. The van der Waals surface area contributed by atoms with E-state index in [2.05, 4.69) is 0 Å². The molecule has 1 aromatic carbocycles. The lowest BCUT2D eigenvalue weighted by atomic mass is 10.2. The Labute approximate surface area is 172 Å². The Balaban J connectivity index is 1.63. The molecule has 0 aromatic heterocycles. The highest BCUT2D eigenvalue weighted by atomic mass is 32.2. The Morgan fingerprint density at radius 2 is 2.14 bits per heavy atom. The summed E-state index contributed by atoms with van der Waals surface area (Å²) >= 11 is 0.745. The van der Waals surface area contributed by atoms with Gasteiger partial charge >= 0.3 is 0 Å². The zero-order chi connectivity index (χ0) is 21.2. The van der Waals surface area contributed by atoms with Crippen LogP contribution in [0.2, 0.25) is 0 Å². The first-order chi connectivity index (χ1) is 13.7. The molecule has 2 aliphatic rings. The van der Waals surface area contributed by atoms with Crippen molar-refractivity contribution in [1.29, 1.82) is 0 Å².